The highest BCUT2D eigenvalue weighted by Crippen LogP contribution is 2.27. The molecule has 0 unspecified atom stereocenters. The Kier molecular flexibility index (Phi) is 3.69. The molecule has 1 amide bonds. The van der Waals surface area contributed by atoms with Crippen molar-refractivity contribution in [1.82, 2.24) is 0 Å². The number of carbonyl (C=O) groups excluding carboxylic acids is 1. The van der Waals surface area contributed by atoms with Gasteiger partial charge < -0.3 is 0 Å². The van der Waals surface area contributed by atoms with Crippen LogP contribution in [0.1, 0.15) is 18.1 Å². The van der Waals surface area contributed by atoms with Gasteiger partial charge in [-0.15, -0.1) is 0 Å². The van der Waals surface area contributed by atoms with Gasteiger partial charge in [-0.05, 0) is 48.4 Å². The maximum absolute atomic E-state index is 12.9. The van der Waals surface area contributed by atoms with Gasteiger partial charge in [0.15, 0.2) is 0 Å². The van der Waals surface area contributed by atoms with Crippen LogP contribution in [0.25, 0.3) is 16.8 Å². The highest BCUT2D eigenvalue weighted by Gasteiger charge is 2.28. The van der Waals surface area contributed by atoms with Gasteiger partial charge in [0.2, 0.25) is 0 Å². The first-order valence-corrected chi connectivity index (χ1v) is 8.30. The smallest absolute Gasteiger partial charge is 0.267 e. The van der Waals surface area contributed by atoms with Crippen molar-refractivity contribution in [3.05, 3.63) is 83.4 Å². The largest absolute Gasteiger partial charge is 0.280 e. The summed E-state index contributed by atoms with van der Waals surface area (Å²) >= 11 is 0. The highest BCUT2D eigenvalue weighted by atomic mass is 16.2. The summed E-state index contributed by atoms with van der Waals surface area (Å²) in [7, 11) is 0. The third-order valence-corrected chi connectivity index (χ3v) is 4.46. The Labute approximate surface area is 146 Å². The van der Waals surface area contributed by atoms with Crippen molar-refractivity contribution in [1.29, 1.82) is 0 Å². The van der Waals surface area contributed by atoms with Gasteiger partial charge in [0.05, 0.1) is 17.0 Å². The van der Waals surface area contributed by atoms with E-state index in [1.54, 1.807) is 0 Å². The summed E-state index contributed by atoms with van der Waals surface area (Å²) in [5.74, 6) is -0.0886. The molecule has 1 aliphatic rings. The SMILES string of the molecule is CC1=NN(c2ccc(C)cc2)C(=O)C1=Cc1cccc2ccccc12. The fourth-order valence-corrected chi connectivity index (χ4v) is 3.08. The van der Waals surface area contributed by atoms with Crippen LogP contribution in [0.5, 0.6) is 0 Å². The van der Waals surface area contributed by atoms with E-state index in [1.807, 2.05) is 68.5 Å². The van der Waals surface area contributed by atoms with Crippen molar-refractivity contribution in [3.8, 4) is 0 Å². The summed E-state index contributed by atoms with van der Waals surface area (Å²) in [6.45, 7) is 3.90. The van der Waals surface area contributed by atoms with Crippen LogP contribution in [0, 0.1) is 6.92 Å². The van der Waals surface area contributed by atoms with Gasteiger partial charge in [-0.1, -0.05) is 60.2 Å². The molecule has 3 nitrogen and oxygen atoms in total. The Hall–Kier alpha value is -3.20. The lowest BCUT2D eigenvalue weighted by molar-refractivity contribution is -0.114. The average Bonchev–Trinajstić information content (AvgIpc) is 2.91. The number of benzene rings is 3. The lowest BCUT2D eigenvalue weighted by Crippen LogP contribution is -2.21. The molecule has 0 N–H and O–H groups in total. The van der Waals surface area contributed by atoms with Crippen LogP contribution in [0.3, 0.4) is 0 Å². The summed E-state index contributed by atoms with van der Waals surface area (Å²) in [5, 5.41) is 8.23. The quantitative estimate of drug-likeness (QED) is 0.613. The molecule has 0 saturated carbocycles. The standard InChI is InChI=1S/C22H18N2O/c1-15-10-12-19(13-11-15)24-22(25)21(16(2)23-24)14-18-8-5-7-17-6-3-4-9-20(17)18/h3-14H,1-2H3. The topological polar surface area (TPSA) is 32.7 Å². The number of aryl methyl sites for hydroxylation is 1. The minimum Gasteiger partial charge on any atom is -0.267 e. The first-order valence-electron chi connectivity index (χ1n) is 8.30. The molecule has 4 rings (SSSR count). The molecule has 25 heavy (non-hydrogen) atoms. The van der Waals surface area contributed by atoms with E-state index in [0.29, 0.717) is 5.57 Å². The van der Waals surface area contributed by atoms with E-state index in [1.165, 1.54) is 5.01 Å². The van der Waals surface area contributed by atoms with Crippen LogP contribution >= 0.6 is 0 Å². The molecule has 0 aliphatic carbocycles. The maximum Gasteiger partial charge on any atom is 0.280 e. The Morgan fingerprint density at radius 1 is 0.880 bits per heavy atom. The van der Waals surface area contributed by atoms with Crippen molar-refractivity contribution >= 4 is 34.2 Å². The number of hydrazone groups is 1. The summed E-state index contributed by atoms with van der Waals surface area (Å²) in [6.07, 6.45) is 1.94. The second kappa shape index (κ2) is 6.02. The molecule has 122 valence electrons. The van der Waals surface area contributed by atoms with Gasteiger partial charge in [-0.25, -0.2) is 0 Å². The van der Waals surface area contributed by atoms with Gasteiger partial charge in [0, 0.05) is 0 Å². The Bertz CT molecular complexity index is 1020. The van der Waals surface area contributed by atoms with E-state index in [4.69, 9.17) is 0 Å². The second-order valence-electron chi connectivity index (χ2n) is 6.26. The van der Waals surface area contributed by atoms with Crippen molar-refractivity contribution in [2.24, 2.45) is 5.10 Å². The average molecular weight is 326 g/mol. The number of hydrogen-bond donors (Lipinski definition) is 0. The minimum atomic E-state index is -0.0886. The second-order valence-corrected chi connectivity index (χ2v) is 6.26. The Balaban J connectivity index is 1.76. The normalized spacial score (nSPS) is 15.9. The molecular formula is C22H18N2O. The van der Waals surface area contributed by atoms with Crippen molar-refractivity contribution in [2.45, 2.75) is 13.8 Å². The number of rotatable bonds is 2. The molecule has 0 fully saturated rings. The van der Waals surface area contributed by atoms with Crippen LogP contribution in [0.2, 0.25) is 0 Å². The monoisotopic (exact) mass is 326 g/mol. The lowest BCUT2D eigenvalue weighted by atomic mass is 10.0. The third kappa shape index (κ3) is 2.74. The predicted molar refractivity (Wildman–Crippen MR) is 104 cm³/mol. The van der Waals surface area contributed by atoms with E-state index >= 15 is 0 Å². The molecule has 0 radical (unpaired) electrons. The van der Waals surface area contributed by atoms with E-state index in [2.05, 4.69) is 23.3 Å². The summed E-state index contributed by atoms with van der Waals surface area (Å²) < 4.78 is 0. The van der Waals surface area contributed by atoms with E-state index in [9.17, 15) is 4.79 Å². The number of anilines is 1. The Morgan fingerprint density at radius 3 is 2.40 bits per heavy atom. The number of fused-ring (bicyclic) bond motifs is 1. The Morgan fingerprint density at radius 2 is 1.60 bits per heavy atom. The zero-order valence-electron chi connectivity index (χ0n) is 14.2. The van der Waals surface area contributed by atoms with Gasteiger partial charge in [-0.2, -0.15) is 10.1 Å². The van der Waals surface area contributed by atoms with Crippen LogP contribution in [-0.4, -0.2) is 11.6 Å². The van der Waals surface area contributed by atoms with E-state index < -0.39 is 0 Å². The van der Waals surface area contributed by atoms with E-state index in [0.717, 1.165) is 33.3 Å². The highest BCUT2D eigenvalue weighted by molar-refractivity contribution is 6.32. The lowest BCUT2D eigenvalue weighted by Gasteiger charge is -2.11. The molecule has 0 atom stereocenters. The third-order valence-electron chi connectivity index (χ3n) is 4.46. The zero-order valence-corrected chi connectivity index (χ0v) is 14.2. The molecule has 3 aromatic carbocycles. The van der Waals surface area contributed by atoms with Crippen molar-refractivity contribution in [2.75, 3.05) is 5.01 Å². The number of carbonyl (C=O) groups is 1. The molecule has 0 saturated heterocycles. The molecule has 3 heteroatoms. The first kappa shape index (κ1) is 15.3. The predicted octanol–water partition coefficient (Wildman–Crippen LogP) is 4.95. The zero-order chi connectivity index (χ0) is 17.4. The van der Waals surface area contributed by atoms with Crippen LogP contribution in [0.4, 0.5) is 5.69 Å². The fourth-order valence-electron chi connectivity index (χ4n) is 3.08. The van der Waals surface area contributed by atoms with E-state index in [-0.39, 0.29) is 5.91 Å². The molecule has 1 heterocycles. The van der Waals surface area contributed by atoms with Gasteiger partial charge in [-0.3, -0.25) is 4.79 Å². The van der Waals surface area contributed by atoms with Crippen LogP contribution < -0.4 is 5.01 Å². The molecular weight excluding hydrogens is 308 g/mol. The van der Waals surface area contributed by atoms with Crippen molar-refractivity contribution in [3.63, 3.8) is 0 Å². The van der Waals surface area contributed by atoms with Gasteiger partial charge in [0.25, 0.3) is 5.91 Å². The summed E-state index contributed by atoms with van der Waals surface area (Å²) in [6, 6.07) is 22.1. The summed E-state index contributed by atoms with van der Waals surface area (Å²) in [5.41, 5.74) is 4.34. The first-order chi connectivity index (χ1) is 12.1. The van der Waals surface area contributed by atoms with Crippen LogP contribution in [0.15, 0.2) is 77.4 Å². The van der Waals surface area contributed by atoms with Crippen molar-refractivity contribution < 1.29 is 4.79 Å². The molecule has 0 aromatic heterocycles. The van der Waals surface area contributed by atoms with Gasteiger partial charge >= 0.3 is 0 Å². The number of hydrogen-bond acceptors (Lipinski definition) is 2. The minimum absolute atomic E-state index is 0.0886. The van der Waals surface area contributed by atoms with Gasteiger partial charge in [0.1, 0.15) is 0 Å². The molecule has 1 aliphatic heterocycles. The summed E-state index contributed by atoms with van der Waals surface area (Å²) in [4.78, 5) is 12.9. The maximum atomic E-state index is 12.9. The molecule has 3 aromatic rings. The number of nitrogens with zero attached hydrogens (tertiary/aromatic N) is 2. The van der Waals surface area contributed by atoms with Crippen LogP contribution in [-0.2, 0) is 4.79 Å². The number of amides is 1. The molecule has 0 spiro atoms. The molecule has 0 bridgehead atoms. The fraction of sp³-hybridized carbons (Fsp3) is 0.0909.